The number of nitrogens with zero attached hydrogens (tertiary/aromatic N) is 4. The van der Waals surface area contributed by atoms with Gasteiger partial charge < -0.3 is 9.73 Å². The van der Waals surface area contributed by atoms with Gasteiger partial charge in [-0.25, -0.2) is 0 Å². The topological polar surface area (TPSA) is 85.3 Å². The van der Waals surface area contributed by atoms with Gasteiger partial charge in [0.05, 0.1) is 6.26 Å². The van der Waals surface area contributed by atoms with Gasteiger partial charge >= 0.3 is 0 Å². The largest absolute Gasteiger partial charge is 0.459 e. The molecule has 0 saturated carbocycles. The van der Waals surface area contributed by atoms with E-state index >= 15 is 0 Å². The van der Waals surface area contributed by atoms with E-state index in [4.69, 9.17) is 4.42 Å². The number of anilines is 1. The average molecular weight is 339 g/mol. The van der Waals surface area contributed by atoms with Gasteiger partial charge in [-0.1, -0.05) is 30.4 Å². The molecule has 1 N–H and O–H groups in total. The minimum atomic E-state index is -0.288. The van der Waals surface area contributed by atoms with E-state index in [9.17, 15) is 4.79 Å². The Balaban J connectivity index is 1.63. The highest BCUT2D eigenvalue weighted by atomic mass is 32.1. The van der Waals surface area contributed by atoms with E-state index in [2.05, 4.69) is 20.6 Å². The summed E-state index contributed by atoms with van der Waals surface area (Å²) in [6.45, 7) is 2.01. The van der Waals surface area contributed by atoms with Crippen molar-refractivity contribution < 1.29 is 9.21 Å². The summed E-state index contributed by atoms with van der Waals surface area (Å²) in [6.07, 6.45) is 2.24. The highest BCUT2D eigenvalue weighted by Gasteiger charge is 2.13. The lowest BCUT2D eigenvalue weighted by atomic mass is 10.2. The number of nitrogens with one attached hydrogen (secondary N) is 1. The minimum Gasteiger partial charge on any atom is -0.459 e. The molecule has 0 aliphatic carbocycles. The van der Waals surface area contributed by atoms with Crippen molar-refractivity contribution in [2.45, 2.75) is 13.3 Å². The lowest BCUT2D eigenvalue weighted by Crippen LogP contribution is -2.10. The van der Waals surface area contributed by atoms with Gasteiger partial charge in [0.15, 0.2) is 11.6 Å². The Morgan fingerprint density at radius 1 is 1.29 bits per heavy atom. The fraction of sp³-hybridized carbons (Fsp3) is 0.125. The highest BCUT2D eigenvalue weighted by Crippen LogP contribution is 2.27. The van der Waals surface area contributed by atoms with Crippen molar-refractivity contribution in [1.82, 2.24) is 19.8 Å². The van der Waals surface area contributed by atoms with Crippen molar-refractivity contribution in [2.24, 2.45) is 0 Å². The van der Waals surface area contributed by atoms with E-state index in [1.54, 1.807) is 16.6 Å². The van der Waals surface area contributed by atoms with E-state index in [0.29, 0.717) is 5.69 Å². The number of amides is 1. The van der Waals surface area contributed by atoms with Crippen LogP contribution in [0.1, 0.15) is 23.3 Å². The maximum Gasteiger partial charge on any atom is 0.291 e. The van der Waals surface area contributed by atoms with Crippen LogP contribution in [-0.4, -0.2) is 25.7 Å². The molecule has 0 atom stereocenters. The lowest BCUT2D eigenvalue weighted by Gasteiger charge is -2.04. The summed E-state index contributed by atoms with van der Waals surface area (Å²) in [5.74, 6) is 0.810. The number of furan rings is 1. The zero-order valence-corrected chi connectivity index (χ0v) is 13.6. The van der Waals surface area contributed by atoms with Gasteiger partial charge in [0.1, 0.15) is 5.01 Å². The molecule has 0 bridgehead atoms. The molecule has 4 aromatic rings. The molecule has 1 aromatic carbocycles. The Morgan fingerprint density at radius 3 is 3.00 bits per heavy atom. The van der Waals surface area contributed by atoms with Gasteiger partial charge in [-0.15, -0.1) is 10.2 Å². The van der Waals surface area contributed by atoms with Gasteiger partial charge in [-0.3, -0.25) is 4.79 Å². The molecular formula is C16H13N5O2S. The van der Waals surface area contributed by atoms with Crippen molar-refractivity contribution in [2.75, 3.05) is 5.32 Å². The maximum atomic E-state index is 12.1. The number of carbonyl (C=O) groups excluding carboxylic acids is 1. The Hall–Kier alpha value is -3.00. The summed E-state index contributed by atoms with van der Waals surface area (Å²) in [4.78, 5) is 12.8. The Kier molecular flexibility index (Phi) is 3.58. The smallest absolute Gasteiger partial charge is 0.291 e. The van der Waals surface area contributed by atoms with E-state index in [0.717, 1.165) is 27.8 Å². The van der Waals surface area contributed by atoms with Crippen LogP contribution in [0.15, 0.2) is 47.1 Å². The quantitative estimate of drug-likeness (QED) is 0.617. The fourth-order valence-electron chi connectivity index (χ4n) is 2.33. The van der Waals surface area contributed by atoms with Crippen LogP contribution >= 0.6 is 11.3 Å². The Bertz CT molecular complexity index is 1000. The normalized spacial score (nSPS) is 11.0. The summed E-state index contributed by atoms with van der Waals surface area (Å²) >= 11 is 1.46. The van der Waals surface area contributed by atoms with Gasteiger partial charge in [0.2, 0.25) is 4.96 Å². The number of carbonyl (C=O) groups is 1. The van der Waals surface area contributed by atoms with Crippen molar-refractivity contribution in [3.05, 3.63) is 54.2 Å². The van der Waals surface area contributed by atoms with Gasteiger partial charge in [0, 0.05) is 17.7 Å². The fourth-order valence-corrected chi connectivity index (χ4v) is 3.18. The molecule has 0 unspecified atom stereocenters. The predicted octanol–water partition coefficient (Wildman–Crippen LogP) is 3.26. The first-order chi connectivity index (χ1) is 11.7. The molecular weight excluding hydrogens is 326 g/mol. The van der Waals surface area contributed by atoms with Gasteiger partial charge in [0.25, 0.3) is 5.91 Å². The SMILES string of the molecule is CCc1nnc2sc(-c3cccc(NC(=O)c4ccco4)c3)nn12. The van der Waals surface area contributed by atoms with Gasteiger partial charge in [-0.2, -0.15) is 9.61 Å². The first kappa shape index (κ1) is 14.6. The van der Waals surface area contributed by atoms with Crippen LogP contribution in [0.25, 0.3) is 15.5 Å². The molecule has 3 aromatic heterocycles. The average Bonchev–Trinajstić information content (AvgIpc) is 3.31. The van der Waals surface area contributed by atoms with E-state index in [-0.39, 0.29) is 11.7 Å². The number of hydrogen-bond donors (Lipinski definition) is 1. The Morgan fingerprint density at radius 2 is 2.21 bits per heavy atom. The summed E-state index contributed by atoms with van der Waals surface area (Å²) in [6, 6.07) is 10.8. The number of hydrogen-bond acceptors (Lipinski definition) is 6. The maximum absolute atomic E-state index is 12.1. The first-order valence-electron chi connectivity index (χ1n) is 7.41. The second kappa shape index (κ2) is 5.89. The van der Waals surface area contributed by atoms with Crippen molar-refractivity contribution in [3.63, 3.8) is 0 Å². The molecule has 0 aliphatic rings. The molecule has 4 rings (SSSR count). The summed E-state index contributed by atoms with van der Waals surface area (Å²) in [7, 11) is 0. The molecule has 8 heteroatoms. The first-order valence-corrected chi connectivity index (χ1v) is 8.22. The molecule has 1 amide bonds. The molecule has 0 aliphatic heterocycles. The summed E-state index contributed by atoms with van der Waals surface area (Å²) < 4.78 is 6.85. The molecule has 0 fully saturated rings. The van der Waals surface area contributed by atoms with Crippen LogP contribution in [0.4, 0.5) is 5.69 Å². The predicted molar refractivity (Wildman–Crippen MR) is 90.1 cm³/mol. The number of aryl methyl sites for hydroxylation is 1. The summed E-state index contributed by atoms with van der Waals surface area (Å²) in [5, 5.41) is 16.4. The summed E-state index contributed by atoms with van der Waals surface area (Å²) in [5.41, 5.74) is 1.58. The van der Waals surface area contributed by atoms with Gasteiger partial charge in [-0.05, 0) is 24.3 Å². The zero-order chi connectivity index (χ0) is 16.5. The van der Waals surface area contributed by atoms with Crippen LogP contribution in [0.2, 0.25) is 0 Å². The number of rotatable bonds is 4. The third-order valence-corrected chi connectivity index (χ3v) is 4.43. The third kappa shape index (κ3) is 2.56. The van der Waals surface area contributed by atoms with Crippen LogP contribution in [0.3, 0.4) is 0 Å². The molecule has 7 nitrogen and oxygen atoms in total. The molecule has 0 radical (unpaired) electrons. The molecule has 3 heterocycles. The lowest BCUT2D eigenvalue weighted by molar-refractivity contribution is 0.0996. The van der Waals surface area contributed by atoms with Crippen molar-refractivity contribution >= 4 is 27.9 Å². The number of aromatic nitrogens is 4. The van der Waals surface area contributed by atoms with E-state index < -0.39 is 0 Å². The van der Waals surface area contributed by atoms with Crippen LogP contribution < -0.4 is 5.32 Å². The van der Waals surface area contributed by atoms with E-state index in [1.165, 1.54) is 17.6 Å². The molecule has 0 spiro atoms. The Labute approximate surface area is 141 Å². The third-order valence-electron chi connectivity index (χ3n) is 3.48. The number of benzene rings is 1. The van der Waals surface area contributed by atoms with Crippen molar-refractivity contribution in [1.29, 1.82) is 0 Å². The monoisotopic (exact) mass is 339 g/mol. The number of fused-ring (bicyclic) bond motifs is 1. The standard InChI is InChI=1S/C16H13N5O2S/c1-2-13-18-19-16-21(13)20-15(24-16)10-5-3-6-11(9-10)17-14(22)12-7-4-8-23-12/h3-9H,2H2,1H3,(H,17,22). The molecule has 0 saturated heterocycles. The zero-order valence-electron chi connectivity index (χ0n) is 12.8. The second-order valence-electron chi connectivity index (χ2n) is 5.08. The van der Waals surface area contributed by atoms with E-state index in [1.807, 2.05) is 31.2 Å². The van der Waals surface area contributed by atoms with Crippen LogP contribution in [0, 0.1) is 0 Å². The van der Waals surface area contributed by atoms with Crippen LogP contribution in [0.5, 0.6) is 0 Å². The van der Waals surface area contributed by atoms with Crippen molar-refractivity contribution in [3.8, 4) is 10.6 Å². The molecule has 120 valence electrons. The second-order valence-corrected chi connectivity index (χ2v) is 6.04. The highest BCUT2D eigenvalue weighted by molar-refractivity contribution is 7.19. The van der Waals surface area contributed by atoms with Crippen LogP contribution in [-0.2, 0) is 6.42 Å². The molecule has 24 heavy (non-hydrogen) atoms. The minimum absolute atomic E-state index is 0.270.